The molecule has 0 aliphatic heterocycles. The fraction of sp³-hybridized carbons (Fsp3) is 0.0417. The van der Waals surface area contributed by atoms with Crippen molar-refractivity contribution in [2.24, 2.45) is 0 Å². The Kier molecular flexibility index (Phi) is 4.93. The lowest BCUT2D eigenvalue weighted by Gasteiger charge is -2.21. The van der Waals surface area contributed by atoms with Gasteiger partial charge in [-0.15, -0.1) is 0 Å². The van der Waals surface area contributed by atoms with Crippen molar-refractivity contribution in [1.29, 1.82) is 0 Å². The van der Waals surface area contributed by atoms with Gasteiger partial charge >= 0.3 is 0 Å². The Morgan fingerprint density at radius 2 is 1.45 bits per heavy atom. The van der Waals surface area contributed by atoms with Crippen LogP contribution in [0.2, 0.25) is 0 Å². The van der Waals surface area contributed by atoms with E-state index in [1.165, 1.54) is 0 Å². The molecule has 0 aliphatic rings. The molecular formula is C24H18N4O2S. The van der Waals surface area contributed by atoms with Gasteiger partial charge in [0.2, 0.25) is 0 Å². The van der Waals surface area contributed by atoms with E-state index in [4.69, 9.17) is 31.0 Å². The van der Waals surface area contributed by atoms with Gasteiger partial charge in [-0.2, -0.15) is 0 Å². The van der Waals surface area contributed by atoms with Crippen LogP contribution in [0.5, 0.6) is 0 Å². The van der Waals surface area contributed by atoms with Crippen LogP contribution in [0.4, 0.5) is 11.4 Å². The number of nitrogens with one attached hydrogen (secondary N) is 1. The van der Waals surface area contributed by atoms with Gasteiger partial charge in [0.15, 0.2) is 16.6 Å². The molecule has 0 atom stereocenters. The SMILES string of the molecule is CN(C(=S)Nc1ccc2nc(-c3ccco3)c(-c3ccco3)nc2c1)c1ccccc1. The predicted molar refractivity (Wildman–Crippen MR) is 126 cm³/mol. The molecule has 0 fully saturated rings. The van der Waals surface area contributed by atoms with E-state index in [1.54, 1.807) is 12.5 Å². The number of benzene rings is 2. The van der Waals surface area contributed by atoms with Crippen LogP contribution in [0.25, 0.3) is 33.9 Å². The zero-order valence-corrected chi connectivity index (χ0v) is 17.5. The van der Waals surface area contributed by atoms with Crippen LogP contribution in [-0.2, 0) is 0 Å². The minimum Gasteiger partial charge on any atom is -0.463 e. The van der Waals surface area contributed by atoms with Gasteiger partial charge in [0, 0.05) is 18.4 Å². The number of para-hydroxylation sites is 1. The zero-order valence-electron chi connectivity index (χ0n) is 16.6. The van der Waals surface area contributed by atoms with Crippen LogP contribution in [0, 0.1) is 0 Å². The van der Waals surface area contributed by atoms with Crippen molar-refractivity contribution < 1.29 is 8.83 Å². The first kappa shape index (κ1) is 19.0. The summed E-state index contributed by atoms with van der Waals surface area (Å²) in [5, 5.41) is 3.86. The van der Waals surface area contributed by atoms with Crippen LogP contribution in [-0.4, -0.2) is 22.1 Å². The fourth-order valence-electron chi connectivity index (χ4n) is 3.28. The number of thiocarbonyl (C=S) groups is 1. The molecule has 0 aliphatic carbocycles. The van der Waals surface area contributed by atoms with E-state index in [2.05, 4.69) is 5.32 Å². The van der Waals surface area contributed by atoms with E-state index in [0.29, 0.717) is 28.0 Å². The highest BCUT2D eigenvalue weighted by molar-refractivity contribution is 7.80. The number of fused-ring (bicyclic) bond motifs is 1. The number of hydrogen-bond donors (Lipinski definition) is 1. The Labute approximate surface area is 184 Å². The highest BCUT2D eigenvalue weighted by Gasteiger charge is 2.17. The second-order valence-corrected chi connectivity index (χ2v) is 7.29. The Bertz CT molecular complexity index is 1330. The summed E-state index contributed by atoms with van der Waals surface area (Å²) in [5.74, 6) is 1.26. The van der Waals surface area contributed by atoms with Crippen molar-refractivity contribution in [2.75, 3.05) is 17.3 Å². The molecule has 0 radical (unpaired) electrons. The third-order valence-corrected chi connectivity index (χ3v) is 5.25. The lowest BCUT2D eigenvalue weighted by atomic mass is 10.1. The van der Waals surface area contributed by atoms with Gasteiger partial charge in [-0.25, -0.2) is 9.97 Å². The highest BCUT2D eigenvalue weighted by Crippen LogP contribution is 2.32. The second-order valence-electron chi connectivity index (χ2n) is 6.90. The van der Waals surface area contributed by atoms with Crippen LogP contribution in [0.15, 0.2) is 94.2 Å². The van der Waals surface area contributed by atoms with Crippen molar-refractivity contribution in [1.82, 2.24) is 9.97 Å². The molecule has 152 valence electrons. The molecule has 6 nitrogen and oxygen atoms in total. The summed E-state index contributed by atoms with van der Waals surface area (Å²) in [6, 6.07) is 23.1. The van der Waals surface area contributed by atoms with Gasteiger partial charge in [0.1, 0.15) is 11.4 Å². The summed E-state index contributed by atoms with van der Waals surface area (Å²) in [6.07, 6.45) is 3.23. The molecule has 2 aromatic carbocycles. The quantitative estimate of drug-likeness (QED) is 0.354. The molecule has 7 heteroatoms. The van der Waals surface area contributed by atoms with Crippen molar-refractivity contribution in [3.05, 3.63) is 85.3 Å². The number of furan rings is 2. The second kappa shape index (κ2) is 8.04. The third-order valence-electron chi connectivity index (χ3n) is 4.87. The Morgan fingerprint density at radius 3 is 2.06 bits per heavy atom. The Balaban J connectivity index is 1.51. The maximum atomic E-state index is 5.60. The first-order valence-electron chi connectivity index (χ1n) is 9.68. The summed E-state index contributed by atoms with van der Waals surface area (Å²) in [5.41, 5.74) is 4.54. The molecule has 3 heterocycles. The van der Waals surface area contributed by atoms with E-state index in [-0.39, 0.29) is 0 Å². The number of nitrogens with zero attached hydrogens (tertiary/aromatic N) is 3. The summed E-state index contributed by atoms with van der Waals surface area (Å²) < 4.78 is 11.2. The van der Waals surface area contributed by atoms with Crippen molar-refractivity contribution >= 4 is 39.7 Å². The first-order valence-corrected chi connectivity index (χ1v) is 10.1. The number of anilines is 2. The minimum absolute atomic E-state index is 0.581. The summed E-state index contributed by atoms with van der Waals surface area (Å²) >= 11 is 5.58. The maximum absolute atomic E-state index is 5.60. The lowest BCUT2D eigenvalue weighted by Crippen LogP contribution is -2.30. The fourth-order valence-corrected chi connectivity index (χ4v) is 3.50. The lowest BCUT2D eigenvalue weighted by molar-refractivity contribution is 0.572. The van der Waals surface area contributed by atoms with Gasteiger partial charge in [-0.1, -0.05) is 18.2 Å². The molecule has 0 bridgehead atoms. The summed E-state index contributed by atoms with van der Waals surface area (Å²) in [7, 11) is 1.93. The summed E-state index contributed by atoms with van der Waals surface area (Å²) in [4.78, 5) is 11.5. The minimum atomic E-state index is 0.581. The molecule has 0 amide bonds. The van der Waals surface area contributed by atoms with Gasteiger partial charge in [-0.3, -0.25) is 0 Å². The molecule has 5 rings (SSSR count). The van der Waals surface area contributed by atoms with Gasteiger partial charge < -0.3 is 19.1 Å². The van der Waals surface area contributed by atoms with Crippen molar-refractivity contribution in [2.45, 2.75) is 0 Å². The van der Waals surface area contributed by atoms with Gasteiger partial charge in [0.25, 0.3) is 0 Å². The van der Waals surface area contributed by atoms with Crippen LogP contribution < -0.4 is 10.2 Å². The number of rotatable bonds is 4. The standard InChI is InChI=1S/C24H18N4O2S/c1-28(17-7-3-2-4-8-17)24(31)25-16-11-12-18-19(15-16)27-23(21-10-6-14-30-21)22(26-18)20-9-5-13-29-20/h2-15H,1H3,(H,25,31). The molecule has 3 aromatic heterocycles. The van der Waals surface area contributed by atoms with Gasteiger partial charge in [0.05, 0.1) is 23.6 Å². The predicted octanol–water partition coefficient (Wildman–Crippen LogP) is 5.98. The normalized spacial score (nSPS) is 10.9. The van der Waals surface area contributed by atoms with E-state index in [0.717, 1.165) is 22.4 Å². The van der Waals surface area contributed by atoms with E-state index in [1.807, 2.05) is 84.7 Å². The number of aromatic nitrogens is 2. The largest absolute Gasteiger partial charge is 0.463 e. The molecule has 1 N–H and O–H groups in total. The van der Waals surface area contributed by atoms with Gasteiger partial charge in [-0.05, 0) is 66.8 Å². The monoisotopic (exact) mass is 426 g/mol. The van der Waals surface area contributed by atoms with Crippen LogP contribution in [0.1, 0.15) is 0 Å². The van der Waals surface area contributed by atoms with Crippen molar-refractivity contribution in [3.8, 4) is 22.9 Å². The smallest absolute Gasteiger partial charge is 0.177 e. The molecule has 0 spiro atoms. The first-order chi connectivity index (χ1) is 15.2. The molecule has 31 heavy (non-hydrogen) atoms. The third kappa shape index (κ3) is 3.78. The average molecular weight is 427 g/mol. The maximum Gasteiger partial charge on any atom is 0.177 e. The Morgan fingerprint density at radius 1 is 0.806 bits per heavy atom. The molecule has 0 unspecified atom stereocenters. The molecule has 5 aromatic rings. The van der Waals surface area contributed by atoms with E-state index < -0.39 is 0 Å². The van der Waals surface area contributed by atoms with E-state index in [9.17, 15) is 0 Å². The van der Waals surface area contributed by atoms with E-state index >= 15 is 0 Å². The molecule has 0 saturated carbocycles. The average Bonchev–Trinajstić information content (AvgIpc) is 3.52. The van der Waals surface area contributed by atoms with Crippen LogP contribution >= 0.6 is 12.2 Å². The van der Waals surface area contributed by atoms with Crippen molar-refractivity contribution in [3.63, 3.8) is 0 Å². The highest BCUT2D eigenvalue weighted by atomic mass is 32.1. The topological polar surface area (TPSA) is 67.3 Å². The summed E-state index contributed by atoms with van der Waals surface area (Å²) in [6.45, 7) is 0. The molecule has 0 saturated heterocycles. The van der Waals surface area contributed by atoms with Crippen LogP contribution in [0.3, 0.4) is 0 Å². The number of hydrogen-bond acceptors (Lipinski definition) is 5. The zero-order chi connectivity index (χ0) is 21.2. The Hall–Kier alpha value is -3.97. The molecular weight excluding hydrogens is 408 g/mol.